The van der Waals surface area contributed by atoms with Crippen molar-refractivity contribution in [3.63, 3.8) is 0 Å². The van der Waals surface area contributed by atoms with Crippen LogP contribution in [0.5, 0.6) is 5.75 Å². The SMILES string of the molecule is Cc1ccc2c(c1)OC1(CCNCC1)CC2NC(=O)OC(C)(C)C. The van der Waals surface area contributed by atoms with Crippen molar-refractivity contribution < 1.29 is 14.3 Å². The van der Waals surface area contributed by atoms with E-state index in [2.05, 4.69) is 35.8 Å². The summed E-state index contributed by atoms with van der Waals surface area (Å²) in [7, 11) is 0. The van der Waals surface area contributed by atoms with Crippen LogP contribution in [0.1, 0.15) is 57.2 Å². The molecule has 2 heterocycles. The van der Waals surface area contributed by atoms with Crippen molar-refractivity contribution in [2.45, 2.75) is 64.2 Å². The number of nitrogens with one attached hydrogen (secondary N) is 2. The normalized spacial score (nSPS) is 22.4. The van der Waals surface area contributed by atoms with Crippen molar-refractivity contribution in [2.24, 2.45) is 0 Å². The Bertz CT molecular complexity index is 616. The van der Waals surface area contributed by atoms with E-state index in [1.54, 1.807) is 0 Å². The Labute approximate surface area is 144 Å². The maximum Gasteiger partial charge on any atom is 0.408 e. The predicted octanol–water partition coefficient (Wildman–Crippen LogP) is 3.47. The minimum absolute atomic E-state index is 0.0812. The molecule has 5 nitrogen and oxygen atoms in total. The number of amides is 1. The van der Waals surface area contributed by atoms with Crippen molar-refractivity contribution >= 4 is 6.09 Å². The fourth-order valence-electron chi connectivity index (χ4n) is 3.54. The van der Waals surface area contributed by atoms with Crippen LogP contribution in [0.2, 0.25) is 0 Å². The number of ether oxygens (including phenoxy) is 2. The summed E-state index contributed by atoms with van der Waals surface area (Å²) in [6, 6.07) is 6.11. The van der Waals surface area contributed by atoms with Gasteiger partial charge in [0.25, 0.3) is 0 Å². The Morgan fingerprint density at radius 1 is 1.33 bits per heavy atom. The number of carbonyl (C=O) groups is 1. The Morgan fingerprint density at radius 2 is 2.04 bits per heavy atom. The second-order valence-corrected chi connectivity index (χ2v) is 7.98. The summed E-state index contributed by atoms with van der Waals surface area (Å²) in [6.45, 7) is 9.58. The smallest absolute Gasteiger partial charge is 0.408 e. The fraction of sp³-hybridized carbons (Fsp3) is 0.632. The minimum atomic E-state index is -0.502. The molecule has 0 aliphatic carbocycles. The van der Waals surface area contributed by atoms with E-state index in [1.807, 2.05) is 20.8 Å². The molecule has 1 amide bonds. The van der Waals surface area contributed by atoms with Gasteiger partial charge in [-0.1, -0.05) is 12.1 Å². The summed E-state index contributed by atoms with van der Waals surface area (Å²) in [4.78, 5) is 12.3. The molecule has 2 N–H and O–H groups in total. The number of hydrogen-bond donors (Lipinski definition) is 2. The van der Waals surface area contributed by atoms with E-state index in [4.69, 9.17) is 9.47 Å². The Balaban J connectivity index is 1.85. The van der Waals surface area contributed by atoms with E-state index in [1.165, 1.54) is 0 Å². The highest BCUT2D eigenvalue weighted by molar-refractivity contribution is 5.69. The van der Waals surface area contributed by atoms with Gasteiger partial charge in [-0.05, 0) is 65.3 Å². The number of alkyl carbamates (subject to hydrolysis) is 1. The lowest BCUT2D eigenvalue weighted by molar-refractivity contribution is -0.000426. The average molecular weight is 332 g/mol. The van der Waals surface area contributed by atoms with Gasteiger partial charge in [-0.15, -0.1) is 0 Å². The second-order valence-electron chi connectivity index (χ2n) is 7.98. The highest BCUT2D eigenvalue weighted by Crippen LogP contribution is 2.43. The van der Waals surface area contributed by atoms with Crippen molar-refractivity contribution in [3.8, 4) is 5.75 Å². The minimum Gasteiger partial charge on any atom is -0.487 e. The van der Waals surface area contributed by atoms with Crippen LogP contribution in [0.25, 0.3) is 0 Å². The fourth-order valence-corrected chi connectivity index (χ4v) is 3.54. The van der Waals surface area contributed by atoms with Crippen LogP contribution in [0.15, 0.2) is 18.2 Å². The highest BCUT2D eigenvalue weighted by Gasteiger charge is 2.42. The molecular formula is C19H28N2O3. The summed E-state index contributed by atoms with van der Waals surface area (Å²) in [6.07, 6.45) is 2.31. The molecule has 1 atom stereocenters. The Hall–Kier alpha value is -1.75. The maximum absolute atomic E-state index is 12.3. The van der Waals surface area contributed by atoms with Crippen molar-refractivity contribution in [1.29, 1.82) is 0 Å². The Morgan fingerprint density at radius 3 is 2.71 bits per heavy atom. The van der Waals surface area contributed by atoms with Crippen LogP contribution in [0.4, 0.5) is 4.79 Å². The first kappa shape index (κ1) is 17.1. The molecule has 5 heteroatoms. The van der Waals surface area contributed by atoms with Crippen molar-refractivity contribution in [2.75, 3.05) is 13.1 Å². The third-order valence-corrected chi connectivity index (χ3v) is 4.65. The molecule has 1 fully saturated rings. The molecule has 1 aromatic carbocycles. The summed E-state index contributed by atoms with van der Waals surface area (Å²) in [5.74, 6) is 0.893. The van der Waals surface area contributed by atoms with Gasteiger partial charge >= 0.3 is 6.09 Å². The number of piperidine rings is 1. The van der Waals surface area contributed by atoms with E-state index in [9.17, 15) is 4.79 Å². The van der Waals surface area contributed by atoms with Gasteiger partial charge < -0.3 is 20.1 Å². The molecule has 24 heavy (non-hydrogen) atoms. The predicted molar refractivity (Wildman–Crippen MR) is 93.4 cm³/mol. The first-order valence-electron chi connectivity index (χ1n) is 8.76. The van der Waals surface area contributed by atoms with E-state index in [0.717, 1.165) is 49.2 Å². The lowest BCUT2D eigenvalue weighted by atomic mass is 9.81. The molecule has 2 aliphatic rings. The summed E-state index contributed by atoms with van der Waals surface area (Å²) in [5, 5.41) is 6.45. The zero-order valence-electron chi connectivity index (χ0n) is 15.1. The average Bonchev–Trinajstić information content (AvgIpc) is 2.45. The van der Waals surface area contributed by atoms with Crippen LogP contribution >= 0.6 is 0 Å². The van der Waals surface area contributed by atoms with Gasteiger partial charge in [0.05, 0.1) is 6.04 Å². The number of benzene rings is 1. The molecule has 0 bridgehead atoms. The van der Waals surface area contributed by atoms with E-state index < -0.39 is 5.60 Å². The van der Waals surface area contributed by atoms with Crippen molar-refractivity contribution in [3.05, 3.63) is 29.3 Å². The molecule has 1 saturated heterocycles. The van der Waals surface area contributed by atoms with Crippen LogP contribution < -0.4 is 15.4 Å². The van der Waals surface area contributed by atoms with Crippen LogP contribution in [-0.4, -0.2) is 30.4 Å². The van der Waals surface area contributed by atoms with Crippen LogP contribution in [0.3, 0.4) is 0 Å². The molecular weight excluding hydrogens is 304 g/mol. The van der Waals surface area contributed by atoms with Gasteiger partial charge in [0, 0.05) is 12.0 Å². The maximum atomic E-state index is 12.3. The van der Waals surface area contributed by atoms with Gasteiger partial charge in [0.15, 0.2) is 0 Å². The summed E-state index contributed by atoms with van der Waals surface area (Å²) < 4.78 is 11.9. The molecule has 0 aromatic heterocycles. The van der Waals surface area contributed by atoms with E-state index in [-0.39, 0.29) is 17.7 Å². The molecule has 1 unspecified atom stereocenters. The number of carbonyl (C=O) groups excluding carboxylic acids is 1. The first-order chi connectivity index (χ1) is 11.3. The van der Waals surface area contributed by atoms with Crippen LogP contribution in [0, 0.1) is 6.92 Å². The van der Waals surface area contributed by atoms with Gasteiger partial charge in [-0.2, -0.15) is 0 Å². The molecule has 3 rings (SSSR count). The monoisotopic (exact) mass is 332 g/mol. The molecule has 1 spiro atoms. The summed E-state index contributed by atoms with van der Waals surface area (Å²) >= 11 is 0. The highest BCUT2D eigenvalue weighted by atomic mass is 16.6. The quantitative estimate of drug-likeness (QED) is 0.827. The molecule has 132 valence electrons. The molecule has 1 aromatic rings. The third kappa shape index (κ3) is 3.83. The third-order valence-electron chi connectivity index (χ3n) is 4.65. The topological polar surface area (TPSA) is 59.6 Å². The molecule has 0 radical (unpaired) electrons. The first-order valence-corrected chi connectivity index (χ1v) is 8.76. The number of rotatable bonds is 1. The number of fused-ring (bicyclic) bond motifs is 1. The van der Waals surface area contributed by atoms with Crippen LogP contribution in [-0.2, 0) is 4.74 Å². The lowest BCUT2D eigenvalue weighted by Crippen LogP contribution is -2.51. The lowest BCUT2D eigenvalue weighted by Gasteiger charge is -2.44. The standard InChI is InChI=1S/C19H28N2O3/c1-13-5-6-14-15(21-17(22)24-18(2,3)4)12-19(23-16(14)11-13)7-9-20-10-8-19/h5-6,11,15,20H,7-10,12H2,1-4H3,(H,21,22). The van der Waals surface area contributed by atoms with E-state index in [0.29, 0.717) is 0 Å². The van der Waals surface area contributed by atoms with Gasteiger partial charge in [-0.3, -0.25) is 0 Å². The second kappa shape index (κ2) is 6.28. The zero-order valence-corrected chi connectivity index (χ0v) is 15.1. The molecule has 0 saturated carbocycles. The molecule has 2 aliphatic heterocycles. The number of aryl methyl sites for hydroxylation is 1. The summed E-state index contributed by atoms with van der Waals surface area (Å²) in [5.41, 5.74) is 1.50. The zero-order chi connectivity index (χ0) is 17.4. The Kier molecular flexibility index (Phi) is 4.47. The van der Waals surface area contributed by atoms with Gasteiger partial charge in [-0.25, -0.2) is 4.79 Å². The largest absolute Gasteiger partial charge is 0.487 e. The van der Waals surface area contributed by atoms with E-state index >= 15 is 0 Å². The van der Waals surface area contributed by atoms with Crippen molar-refractivity contribution in [1.82, 2.24) is 10.6 Å². The van der Waals surface area contributed by atoms with Gasteiger partial charge in [0.1, 0.15) is 17.0 Å². The van der Waals surface area contributed by atoms with Gasteiger partial charge in [0.2, 0.25) is 0 Å². The number of hydrogen-bond acceptors (Lipinski definition) is 4.